The molecule has 2 aliphatic rings. The van der Waals surface area contributed by atoms with E-state index in [4.69, 9.17) is 37.9 Å². The highest BCUT2D eigenvalue weighted by atomic mass is 16.7. The lowest BCUT2D eigenvalue weighted by atomic mass is 9.88. The van der Waals surface area contributed by atoms with Crippen LogP contribution in [-0.2, 0) is 70.9 Å². The molecule has 9 nitrogen and oxygen atoms in total. The smallest absolute Gasteiger partial charge is 0.187 e. The summed E-state index contributed by atoms with van der Waals surface area (Å²) < 4.78 is 52.2. The first-order chi connectivity index (χ1) is 27.5. The highest BCUT2D eigenvalue weighted by Gasteiger charge is 2.51. The van der Waals surface area contributed by atoms with Crippen molar-refractivity contribution in [2.45, 2.75) is 83.1 Å². The molecular formula is C47H52O9. The predicted molar refractivity (Wildman–Crippen MR) is 211 cm³/mol. The molecule has 2 saturated heterocycles. The summed E-state index contributed by atoms with van der Waals surface area (Å²) in [4.78, 5) is 0. The van der Waals surface area contributed by atoms with Crippen LogP contribution in [0.3, 0.4) is 0 Å². The van der Waals surface area contributed by atoms with Crippen LogP contribution in [-0.4, -0.2) is 68.0 Å². The normalized spacial score (nSPS) is 26.3. The van der Waals surface area contributed by atoms with E-state index < -0.39 is 48.5 Å². The van der Waals surface area contributed by atoms with Crippen LogP contribution in [0.4, 0.5) is 0 Å². The molecule has 0 amide bonds. The van der Waals surface area contributed by atoms with Gasteiger partial charge in [0.05, 0.1) is 52.9 Å². The Morgan fingerprint density at radius 3 is 1.39 bits per heavy atom. The van der Waals surface area contributed by atoms with Gasteiger partial charge in [-0.05, 0) is 27.8 Å². The molecule has 0 radical (unpaired) electrons. The van der Waals surface area contributed by atoms with Crippen molar-refractivity contribution in [2.24, 2.45) is 5.41 Å². The van der Waals surface area contributed by atoms with Gasteiger partial charge >= 0.3 is 0 Å². The van der Waals surface area contributed by atoms with Crippen molar-refractivity contribution >= 4 is 0 Å². The second kappa shape index (κ2) is 20.2. The standard InChI is InChI=1S/C47H52O9/c1-47(33-49-27-35-17-7-2-8-18-35)34-55-46(44(47)48)54-32-40-41(50-28-36-19-9-3-10-20-36)42(51-29-37-21-11-4-12-22-37)43(52-30-38-23-13-5-14-24-38)45(56-40)53-31-39-25-15-6-16-26-39/h2-26,40-46,48H,27-34H2,1H3/t40-,41-,42+,43-,44-,45-,46+,47-/m1/s1. The second-order valence-electron chi connectivity index (χ2n) is 14.7. The van der Waals surface area contributed by atoms with Gasteiger partial charge in [-0.1, -0.05) is 159 Å². The van der Waals surface area contributed by atoms with Gasteiger partial charge < -0.3 is 43.0 Å². The van der Waals surface area contributed by atoms with E-state index in [1.165, 1.54) is 0 Å². The van der Waals surface area contributed by atoms with Gasteiger partial charge in [-0.15, -0.1) is 0 Å². The molecule has 0 bridgehead atoms. The Kier molecular flexibility index (Phi) is 14.4. The number of benzene rings is 5. The molecule has 2 fully saturated rings. The molecule has 294 valence electrons. The Hall–Kier alpha value is -4.26. The minimum atomic E-state index is -0.942. The predicted octanol–water partition coefficient (Wildman–Crippen LogP) is 7.64. The van der Waals surface area contributed by atoms with Crippen molar-refractivity contribution in [1.82, 2.24) is 0 Å². The van der Waals surface area contributed by atoms with Crippen molar-refractivity contribution in [3.63, 3.8) is 0 Å². The molecule has 5 aromatic carbocycles. The van der Waals surface area contributed by atoms with E-state index >= 15 is 0 Å². The summed E-state index contributed by atoms with van der Waals surface area (Å²) in [6.07, 6.45) is -5.36. The molecule has 0 saturated carbocycles. The summed E-state index contributed by atoms with van der Waals surface area (Å²) in [5.74, 6) is 0. The maximum absolute atomic E-state index is 11.5. The summed E-state index contributed by atoms with van der Waals surface area (Å²) in [6.45, 7) is 4.21. The number of aliphatic hydroxyl groups excluding tert-OH is 1. The Morgan fingerprint density at radius 1 is 0.500 bits per heavy atom. The van der Waals surface area contributed by atoms with Crippen molar-refractivity contribution in [3.05, 3.63) is 179 Å². The molecule has 1 N–H and O–H groups in total. The molecule has 0 aliphatic carbocycles. The molecule has 0 unspecified atom stereocenters. The third kappa shape index (κ3) is 11.0. The van der Waals surface area contributed by atoms with Gasteiger partial charge in [-0.25, -0.2) is 0 Å². The molecule has 8 atom stereocenters. The van der Waals surface area contributed by atoms with Gasteiger partial charge in [0.1, 0.15) is 30.5 Å². The Labute approximate surface area is 330 Å². The van der Waals surface area contributed by atoms with Crippen LogP contribution in [0.1, 0.15) is 34.7 Å². The minimum Gasteiger partial charge on any atom is -0.387 e. The average molecular weight is 761 g/mol. The van der Waals surface area contributed by atoms with Crippen molar-refractivity contribution < 1.29 is 43.0 Å². The van der Waals surface area contributed by atoms with Crippen LogP contribution in [0.15, 0.2) is 152 Å². The van der Waals surface area contributed by atoms with Crippen molar-refractivity contribution in [3.8, 4) is 0 Å². The first kappa shape index (κ1) is 40.0. The van der Waals surface area contributed by atoms with Crippen LogP contribution >= 0.6 is 0 Å². The molecule has 56 heavy (non-hydrogen) atoms. The number of rotatable bonds is 19. The van der Waals surface area contributed by atoms with Gasteiger partial charge in [-0.3, -0.25) is 0 Å². The van der Waals surface area contributed by atoms with Gasteiger partial charge in [-0.2, -0.15) is 0 Å². The number of aliphatic hydroxyl groups is 1. The SMILES string of the molecule is C[C@@]1(COCc2ccccc2)CO[C@H](OC[C@H]2O[C@@H](OCc3ccccc3)[C@H](OCc3ccccc3)[C@@H](OCc3ccccc3)[C@@H]2OCc2ccccc2)[C@H]1O. The number of ether oxygens (including phenoxy) is 8. The largest absolute Gasteiger partial charge is 0.387 e. The molecular weight excluding hydrogens is 709 g/mol. The summed E-state index contributed by atoms with van der Waals surface area (Å²) in [5, 5.41) is 11.5. The van der Waals surface area contributed by atoms with E-state index in [0.717, 1.165) is 27.8 Å². The fourth-order valence-corrected chi connectivity index (χ4v) is 6.98. The van der Waals surface area contributed by atoms with Gasteiger partial charge in [0.2, 0.25) is 0 Å². The summed E-state index contributed by atoms with van der Waals surface area (Å²) in [7, 11) is 0. The molecule has 7 rings (SSSR count). The molecule has 2 aliphatic heterocycles. The van der Waals surface area contributed by atoms with Crippen LogP contribution < -0.4 is 0 Å². The zero-order valence-electron chi connectivity index (χ0n) is 31.8. The van der Waals surface area contributed by atoms with Gasteiger partial charge in [0.15, 0.2) is 12.6 Å². The topological polar surface area (TPSA) is 94.1 Å². The zero-order chi connectivity index (χ0) is 38.4. The monoisotopic (exact) mass is 760 g/mol. The lowest BCUT2D eigenvalue weighted by molar-refractivity contribution is -0.335. The quantitative estimate of drug-likeness (QED) is 0.0912. The average Bonchev–Trinajstić information content (AvgIpc) is 3.53. The Bertz CT molecular complexity index is 1830. The fraction of sp³-hybridized carbons (Fsp3) is 0.362. The third-order valence-corrected chi connectivity index (χ3v) is 10.2. The fourth-order valence-electron chi connectivity index (χ4n) is 6.98. The van der Waals surface area contributed by atoms with E-state index in [2.05, 4.69) is 0 Å². The maximum atomic E-state index is 11.5. The van der Waals surface area contributed by atoms with Crippen molar-refractivity contribution in [2.75, 3.05) is 19.8 Å². The molecule has 9 heteroatoms. The number of hydrogen-bond acceptors (Lipinski definition) is 9. The van der Waals surface area contributed by atoms with E-state index in [1.54, 1.807) is 0 Å². The second-order valence-corrected chi connectivity index (χ2v) is 14.7. The first-order valence-corrected chi connectivity index (χ1v) is 19.3. The van der Waals surface area contributed by atoms with E-state index in [1.807, 2.05) is 159 Å². The maximum Gasteiger partial charge on any atom is 0.187 e. The molecule has 2 heterocycles. The third-order valence-electron chi connectivity index (χ3n) is 10.2. The molecule has 0 spiro atoms. The summed E-state index contributed by atoms with van der Waals surface area (Å²) in [6, 6.07) is 49.9. The van der Waals surface area contributed by atoms with Crippen LogP contribution in [0, 0.1) is 5.41 Å². The molecule has 0 aromatic heterocycles. The van der Waals surface area contributed by atoms with E-state index in [9.17, 15) is 5.11 Å². The Balaban J connectivity index is 1.13. The van der Waals surface area contributed by atoms with Crippen LogP contribution in [0.5, 0.6) is 0 Å². The highest BCUT2D eigenvalue weighted by molar-refractivity contribution is 5.17. The van der Waals surface area contributed by atoms with E-state index in [-0.39, 0.29) is 19.8 Å². The van der Waals surface area contributed by atoms with Gasteiger partial charge in [0.25, 0.3) is 0 Å². The number of hydrogen-bond donors (Lipinski definition) is 1. The van der Waals surface area contributed by atoms with Crippen LogP contribution in [0.25, 0.3) is 0 Å². The van der Waals surface area contributed by atoms with Crippen LogP contribution in [0.2, 0.25) is 0 Å². The Morgan fingerprint density at radius 2 is 0.911 bits per heavy atom. The lowest BCUT2D eigenvalue weighted by Crippen LogP contribution is -2.62. The zero-order valence-corrected chi connectivity index (χ0v) is 31.8. The summed E-state index contributed by atoms with van der Waals surface area (Å²) in [5.41, 5.74) is 4.40. The minimum absolute atomic E-state index is 0.0317. The summed E-state index contributed by atoms with van der Waals surface area (Å²) >= 11 is 0. The van der Waals surface area contributed by atoms with Crippen molar-refractivity contribution in [1.29, 1.82) is 0 Å². The van der Waals surface area contributed by atoms with E-state index in [0.29, 0.717) is 33.0 Å². The highest BCUT2D eigenvalue weighted by Crippen LogP contribution is 2.36. The lowest BCUT2D eigenvalue weighted by Gasteiger charge is -2.46. The molecule has 5 aromatic rings. The first-order valence-electron chi connectivity index (χ1n) is 19.3. The van der Waals surface area contributed by atoms with Gasteiger partial charge in [0, 0.05) is 5.41 Å².